The highest BCUT2D eigenvalue weighted by Crippen LogP contribution is 2.30. The number of ether oxygens (including phenoxy) is 1. The van der Waals surface area contributed by atoms with Crippen LogP contribution in [0.5, 0.6) is 5.75 Å². The first-order chi connectivity index (χ1) is 12.6. The lowest BCUT2D eigenvalue weighted by Gasteiger charge is -2.29. The summed E-state index contributed by atoms with van der Waals surface area (Å²) in [5.41, 5.74) is 6.94. The van der Waals surface area contributed by atoms with E-state index in [1.165, 1.54) is 0 Å². The Bertz CT molecular complexity index is 704. The van der Waals surface area contributed by atoms with Gasteiger partial charge in [0.2, 0.25) is 11.8 Å². The molecule has 2 aliphatic rings. The fourth-order valence-electron chi connectivity index (χ4n) is 3.43. The molecule has 1 atom stereocenters. The second-order valence-electron chi connectivity index (χ2n) is 6.77. The average Bonchev–Trinajstić information content (AvgIpc) is 2.94. The molecule has 1 aromatic rings. The van der Waals surface area contributed by atoms with Gasteiger partial charge in [-0.25, -0.2) is 0 Å². The van der Waals surface area contributed by atoms with Crippen molar-refractivity contribution in [2.75, 3.05) is 13.2 Å². The standard InChI is InChI=1S/C19H25N3O4/c20-9-3-1-2-4-10-26-14-5-6-15-13(11-14)12-22(19(15)25)16-7-8-17(23)21-18(16)24/h5-6,11,16H,1-4,7-10,12,20H2,(H,21,23,24). The minimum absolute atomic E-state index is 0.164. The van der Waals surface area contributed by atoms with Crippen LogP contribution in [0.2, 0.25) is 0 Å². The highest BCUT2D eigenvalue weighted by atomic mass is 16.5. The number of imide groups is 1. The van der Waals surface area contributed by atoms with Crippen LogP contribution in [-0.4, -0.2) is 41.8 Å². The van der Waals surface area contributed by atoms with Crippen molar-refractivity contribution in [1.29, 1.82) is 0 Å². The number of rotatable bonds is 8. The zero-order chi connectivity index (χ0) is 18.5. The molecule has 2 aliphatic heterocycles. The third-order valence-electron chi connectivity index (χ3n) is 4.86. The lowest BCUT2D eigenvalue weighted by molar-refractivity contribution is -0.136. The number of unbranched alkanes of at least 4 members (excludes halogenated alkanes) is 3. The molecule has 7 heteroatoms. The summed E-state index contributed by atoms with van der Waals surface area (Å²) in [6.07, 6.45) is 4.84. The van der Waals surface area contributed by atoms with Crippen LogP contribution in [0.3, 0.4) is 0 Å². The molecule has 0 aromatic heterocycles. The third kappa shape index (κ3) is 4.04. The van der Waals surface area contributed by atoms with E-state index in [-0.39, 0.29) is 18.2 Å². The van der Waals surface area contributed by atoms with Crippen molar-refractivity contribution in [3.63, 3.8) is 0 Å². The molecule has 3 amide bonds. The number of carbonyl (C=O) groups excluding carboxylic acids is 3. The van der Waals surface area contributed by atoms with Gasteiger partial charge in [-0.1, -0.05) is 12.8 Å². The molecule has 2 heterocycles. The summed E-state index contributed by atoms with van der Waals surface area (Å²) >= 11 is 0. The van der Waals surface area contributed by atoms with Gasteiger partial charge in [-0.05, 0) is 49.6 Å². The summed E-state index contributed by atoms with van der Waals surface area (Å²) in [5.74, 6) is -0.0998. The topological polar surface area (TPSA) is 102 Å². The number of hydrogen-bond acceptors (Lipinski definition) is 5. The van der Waals surface area contributed by atoms with Gasteiger partial charge < -0.3 is 15.4 Å². The molecule has 0 spiro atoms. The van der Waals surface area contributed by atoms with E-state index in [4.69, 9.17) is 10.5 Å². The largest absolute Gasteiger partial charge is 0.494 e. The lowest BCUT2D eigenvalue weighted by Crippen LogP contribution is -2.52. The van der Waals surface area contributed by atoms with Crippen LogP contribution in [-0.2, 0) is 16.1 Å². The Balaban J connectivity index is 1.58. The van der Waals surface area contributed by atoms with Crippen LogP contribution >= 0.6 is 0 Å². The minimum atomic E-state index is -0.584. The molecule has 1 unspecified atom stereocenters. The van der Waals surface area contributed by atoms with Crippen molar-refractivity contribution in [2.24, 2.45) is 5.73 Å². The summed E-state index contributed by atoms with van der Waals surface area (Å²) in [6, 6.07) is 4.84. The molecule has 3 rings (SSSR count). The maximum absolute atomic E-state index is 12.6. The molecular weight excluding hydrogens is 334 g/mol. The second kappa shape index (κ2) is 8.31. The zero-order valence-electron chi connectivity index (χ0n) is 14.8. The van der Waals surface area contributed by atoms with Gasteiger partial charge in [0, 0.05) is 18.5 Å². The molecule has 140 valence electrons. The number of nitrogens with two attached hydrogens (primary N) is 1. The van der Waals surface area contributed by atoms with Crippen LogP contribution in [0.4, 0.5) is 0 Å². The van der Waals surface area contributed by atoms with Crippen molar-refractivity contribution < 1.29 is 19.1 Å². The first-order valence-corrected chi connectivity index (χ1v) is 9.20. The van der Waals surface area contributed by atoms with Crippen molar-refractivity contribution in [2.45, 2.75) is 51.1 Å². The summed E-state index contributed by atoms with van der Waals surface area (Å²) < 4.78 is 5.78. The van der Waals surface area contributed by atoms with Gasteiger partial charge in [-0.3, -0.25) is 19.7 Å². The van der Waals surface area contributed by atoms with Crippen molar-refractivity contribution in [3.05, 3.63) is 29.3 Å². The van der Waals surface area contributed by atoms with Gasteiger partial charge in [0.25, 0.3) is 5.91 Å². The quantitative estimate of drug-likeness (QED) is 0.539. The minimum Gasteiger partial charge on any atom is -0.494 e. The van der Waals surface area contributed by atoms with E-state index >= 15 is 0 Å². The Morgan fingerprint density at radius 1 is 1.15 bits per heavy atom. The van der Waals surface area contributed by atoms with E-state index in [1.54, 1.807) is 17.0 Å². The van der Waals surface area contributed by atoms with Gasteiger partial charge in [0.1, 0.15) is 11.8 Å². The SMILES string of the molecule is NCCCCCCOc1ccc2c(c1)CN(C1CCC(=O)NC1=O)C2=O. The molecule has 0 bridgehead atoms. The number of hydrogen-bond donors (Lipinski definition) is 2. The first-order valence-electron chi connectivity index (χ1n) is 9.20. The van der Waals surface area contributed by atoms with Crippen LogP contribution in [0.25, 0.3) is 0 Å². The average molecular weight is 359 g/mol. The predicted octanol–water partition coefficient (Wildman–Crippen LogP) is 1.35. The number of fused-ring (bicyclic) bond motifs is 1. The zero-order valence-corrected chi connectivity index (χ0v) is 14.8. The number of nitrogens with zero attached hydrogens (tertiary/aromatic N) is 1. The van der Waals surface area contributed by atoms with Gasteiger partial charge in [-0.2, -0.15) is 0 Å². The van der Waals surface area contributed by atoms with Crippen molar-refractivity contribution in [3.8, 4) is 5.75 Å². The van der Waals surface area contributed by atoms with E-state index < -0.39 is 11.9 Å². The van der Waals surface area contributed by atoms with Gasteiger partial charge in [0.05, 0.1) is 6.61 Å². The molecule has 0 aliphatic carbocycles. The Hall–Kier alpha value is -2.41. The molecule has 0 radical (unpaired) electrons. The van der Waals surface area contributed by atoms with E-state index in [1.807, 2.05) is 6.07 Å². The number of nitrogens with one attached hydrogen (secondary N) is 1. The molecule has 1 aromatic carbocycles. The van der Waals surface area contributed by atoms with E-state index in [9.17, 15) is 14.4 Å². The third-order valence-corrected chi connectivity index (χ3v) is 4.86. The van der Waals surface area contributed by atoms with Crippen LogP contribution < -0.4 is 15.8 Å². The Kier molecular flexibility index (Phi) is 5.88. The summed E-state index contributed by atoms with van der Waals surface area (Å²) in [4.78, 5) is 37.5. The Labute approximate surface area is 152 Å². The smallest absolute Gasteiger partial charge is 0.255 e. The number of amides is 3. The first kappa shape index (κ1) is 18.4. The molecule has 26 heavy (non-hydrogen) atoms. The fraction of sp³-hybridized carbons (Fsp3) is 0.526. The highest BCUT2D eigenvalue weighted by Gasteiger charge is 2.39. The van der Waals surface area contributed by atoms with E-state index in [0.29, 0.717) is 25.1 Å². The highest BCUT2D eigenvalue weighted by molar-refractivity contribution is 6.05. The fourth-order valence-corrected chi connectivity index (χ4v) is 3.43. The summed E-state index contributed by atoms with van der Waals surface area (Å²) in [6.45, 7) is 1.73. The van der Waals surface area contributed by atoms with E-state index in [0.717, 1.165) is 43.5 Å². The normalized spacial score (nSPS) is 19.5. The van der Waals surface area contributed by atoms with E-state index in [2.05, 4.69) is 5.32 Å². The lowest BCUT2D eigenvalue weighted by atomic mass is 10.0. The number of carbonyl (C=O) groups is 3. The van der Waals surface area contributed by atoms with Crippen molar-refractivity contribution in [1.82, 2.24) is 10.2 Å². The Morgan fingerprint density at radius 3 is 2.73 bits per heavy atom. The molecular formula is C19H25N3O4. The van der Waals surface area contributed by atoms with Crippen LogP contribution in [0, 0.1) is 0 Å². The second-order valence-corrected chi connectivity index (χ2v) is 6.77. The maximum atomic E-state index is 12.6. The molecule has 0 saturated carbocycles. The molecule has 3 N–H and O–H groups in total. The maximum Gasteiger partial charge on any atom is 0.255 e. The molecule has 1 fully saturated rings. The predicted molar refractivity (Wildman–Crippen MR) is 95.5 cm³/mol. The van der Waals surface area contributed by atoms with Crippen LogP contribution in [0.15, 0.2) is 18.2 Å². The van der Waals surface area contributed by atoms with Crippen molar-refractivity contribution >= 4 is 17.7 Å². The molecule has 7 nitrogen and oxygen atoms in total. The number of benzene rings is 1. The van der Waals surface area contributed by atoms with Crippen LogP contribution in [0.1, 0.15) is 54.4 Å². The van der Waals surface area contributed by atoms with Gasteiger partial charge >= 0.3 is 0 Å². The number of piperidine rings is 1. The van der Waals surface area contributed by atoms with Gasteiger partial charge in [0.15, 0.2) is 0 Å². The monoisotopic (exact) mass is 359 g/mol. The molecule has 1 saturated heterocycles. The summed E-state index contributed by atoms with van der Waals surface area (Å²) in [5, 5.41) is 2.31. The summed E-state index contributed by atoms with van der Waals surface area (Å²) in [7, 11) is 0. The Morgan fingerprint density at radius 2 is 1.96 bits per heavy atom. The van der Waals surface area contributed by atoms with Gasteiger partial charge in [-0.15, -0.1) is 0 Å².